The lowest BCUT2D eigenvalue weighted by Crippen LogP contribution is -2.51. The average molecular weight is 420 g/mol. The number of nitrogens with zero attached hydrogens (tertiary/aromatic N) is 2. The fraction of sp³-hybridized carbons (Fsp3) is 0.333. The maximum atomic E-state index is 13.6. The van der Waals surface area contributed by atoms with Crippen LogP contribution in [0.3, 0.4) is 0 Å². The molecule has 0 unspecified atom stereocenters. The number of rotatable bonds is 7. The summed E-state index contributed by atoms with van der Waals surface area (Å²) in [5, 5.41) is 3.16. The van der Waals surface area contributed by atoms with Crippen LogP contribution in [0, 0.1) is 5.82 Å². The highest BCUT2D eigenvalue weighted by atomic mass is 35.5. The van der Waals surface area contributed by atoms with Crippen LogP contribution >= 0.6 is 11.6 Å². The van der Waals surface area contributed by atoms with E-state index in [-0.39, 0.29) is 18.0 Å². The zero-order valence-electron chi connectivity index (χ0n) is 15.9. The summed E-state index contributed by atoms with van der Waals surface area (Å²) < 4.78 is 19.3. The molecule has 29 heavy (non-hydrogen) atoms. The molecule has 3 rings (SSSR count). The molecule has 6 nitrogen and oxygen atoms in total. The number of carbonyl (C=O) groups excluding carboxylic acids is 2. The third-order valence-corrected chi connectivity index (χ3v) is 4.99. The summed E-state index contributed by atoms with van der Waals surface area (Å²) in [4.78, 5) is 28.2. The molecule has 2 amide bonds. The maximum absolute atomic E-state index is 13.6. The topological polar surface area (TPSA) is 61.9 Å². The molecule has 0 bridgehead atoms. The molecule has 8 heteroatoms. The molecule has 2 aromatic carbocycles. The van der Waals surface area contributed by atoms with Crippen molar-refractivity contribution in [1.82, 2.24) is 15.1 Å². The third-order valence-electron chi connectivity index (χ3n) is 4.73. The predicted octanol–water partition coefficient (Wildman–Crippen LogP) is 2.43. The van der Waals surface area contributed by atoms with Gasteiger partial charge >= 0.3 is 0 Å². The normalized spacial score (nSPS) is 14.5. The van der Waals surface area contributed by atoms with E-state index < -0.39 is 11.7 Å². The van der Waals surface area contributed by atoms with Gasteiger partial charge in [0, 0.05) is 37.7 Å². The van der Waals surface area contributed by atoms with Gasteiger partial charge in [-0.15, -0.1) is 0 Å². The lowest BCUT2D eigenvalue weighted by atomic mass is 10.2. The molecule has 1 aliphatic rings. The van der Waals surface area contributed by atoms with E-state index in [0.717, 1.165) is 25.4 Å². The summed E-state index contributed by atoms with van der Waals surface area (Å²) in [6.45, 7) is 3.79. The second-order valence-electron chi connectivity index (χ2n) is 6.69. The van der Waals surface area contributed by atoms with Crippen LogP contribution in [-0.4, -0.2) is 67.5 Å². The van der Waals surface area contributed by atoms with Crippen LogP contribution in [0.4, 0.5) is 4.39 Å². The second-order valence-corrected chi connectivity index (χ2v) is 7.12. The molecule has 154 valence electrons. The molecule has 1 aliphatic heterocycles. The summed E-state index contributed by atoms with van der Waals surface area (Å²) >= 11 is 5.85. The quantitative estimate of drug-likeness (QED) is 0.748. The van der Waals surface area contributed by atoms with Crippen molar-refractivity contribution in [2.45, 2.75) is 0 Å². The Kier molecular flexibility index (Phi) is 7.43. The molecule has 0 aromatic heterocycles. The zero-order valence-corrected chi connectivity index (χ0v) is 16.7. The number of hydrogen-bond acceptors (Lipinski definition) is 4. The van der Waals surface area contributed by atoms with Gasteiger partial charge < -0.3 is 15.0 Å². The van der Waals surface area contributed by atoms with E-state index in [2.05, 4.69) is 10.2 Å². The number of ether oxygens (including phenoxy) is 1. The zero-order chi connectivity index (χ0) is 20.6. The molecule has 1 fully saturated rings. The molecule has 1 heterocycles. The van der Waals surface area contributed by atoms with Gasteiger partial charge in [0.05, 0.1) is 12.1 Å². The lowest BCUT2D eigenvalue weighted by Gasteiger charge is -2.34. The van der Waals surface area contributed by atoms with E-state index >= 15 is 0 Å². The number of carbonyl (C=O) groups is 2. The van der Waals surface area contributed by atoms with E-state index in [1.807, 2.05) is 12.1 Å². The molecule has 0 aliphatic carbocycles. The number of halogens is 2. The Morgan fingerprint density at radius 1 is 1.03 bits per heavy atom. The van der Waals surface area contributed by atoms with Crippen LogP contribution < -0.4 is 10.1 Å². The molecule has 0 radical (unpaired) electrons. The van der Waals surface area contributed by atoms with Crippen molar-refractivity contribution in [2.24, 2.45) is 0 Å². The van der Waals surface area contributed by atoms with Gasteiger partial charge in [-0.05, 0) is 36.4 Å². The minimum Gasteiger partial charge on any atom is -0.492 e. The van der Waals surface area contributed by atoms with Gasteiger partial charge in [-0.1, -0.05) is 23.7 Å². The van der Waals surface area contributed by atoms with Crippen molar-refractivity contribution < 1.29 is 18.7 Å². The molecular formula is C21H23ClFN3O3. The first kappa shape index (κ1) is 21.1. The summed E-state index contributed by atoms with van der Waals surface area (Å²) in [6, 6.07) is 12.9. The number of hydrogen-bond donors (Lipinski definition) is 1. The molecule has 1 saturated heterocycles. The number of piperazine rings is 1. The van der Waals surface area contributed by atoms with E-state index in [4.69, 9.17) is 16.3 Å². The smallest absolute Gasteiger partial charge is 0.254 e. The summed E-state index contributed by atoms with van der Waals surface area (Å²) in [6.07, 6.45) is 0. The highest BCUT2D eigenvalue weighted by molar-refractivity contribution is 6.30. The van der Waals surface area contributed by atoms with E-state index in [1.165, 1.54) is 18.2 Å². The predicted molar refractivity (Wildman–Crippen MR) is 109 cm³/mol. The monoisotopic (exact) mass is 419 g/mol. The fourth-order valence-electron chi connectivity index (χ4n) is 3.05. The maximum Gasteiger partial charge on any atom is 0.254 e. The van der Waals surface area contributed by atoms with Crippen molar-refractivity contribution in [3.63, 3.8) is 0 Å². The third kappa shape index (κ3) is 6.17. The minimum atomic E-state index is -0.605. The average Bonchev–Trinajstić information content (AvgIpc) is 2.74. The first-order chi connectivity index (χ1) is 14.0. The van der Waals surface area contributed by atoms with Gasteiger partial charge in [0.25, 0.3) is 5.91 Å². The van der Waals surface area contributed by atoms with Crippen molar-refractivity contribution in [1.29, 1.82) is 0 Å². The molecule has 1 N–H and O–H groups in total. The summed E-state index contributed by atoms with van der Waals surface area (Å²) in [5.74, 6) is -0.595. The highest BCUT2D eigenvalue weighted by Crippen LogP contribution is 2.15. The molecule has 2 aromatic rings. The Labute approximate surface area is 174 Å². The van der Waals surface area contributed by atoms with Crippen LogP contribution in [-0.2, 0) is 4.79 Å². The Hall–Kier alpha value is -2.64. The Morgan fingerprint density at radius 2 is 1.72 bits per heavy atom. The first-order valence-electron chi connectivity index (χ1n) is 9.44. The van der Waals surface area contributed by atoms with Crippen LogP contribution in [0.2, 0.25) is 5.02 Å². The Bertz CT molecular complexity index is 839. The first-order valence-corrected chi connectivity index (χ1v) is 9.82. The van der Waals surface area contributed by atoms with Crippen molar-refractivity contribution in [2.75, 3.05) is 45.9 Å². The number of benzene rings is 2. The van der Waals surface area contributed by atoms with Crippen LogP contribution in [0.15, 0.2) is 48.5 Å². The molecule has 0 spiro atoms. The van der Waals surface area contributed by atoms with E-state index in [1.54, 1.807) is 23.1 Å². The summed E-state index contributed by atoms with van der Waals surface area (Å²) in [5.41, 5.74) is -0.0641. The number of nitrogens with one attached hydrogen (secondary N) is 1. The summed E-state index contributed by atoms with van der Waals surface area (Å²) in [7, 11) is 0. The Balaban J connectivity index is 1.35. The molecular weight excluding hydrogens is 397 g/mol. The van der Waals surface area contributed by atoms with Crippen LogP contribution in [0.25, 0.3) is 0 Å². The van der Waals surface area contributed by atoms with Crippen LogP contribution in [0.5, 0.6) is 5.75 Å². The lowest BCUT2D eigenvalue weighted by molar-refractivity contribution is -0.131. The standard InChI is InChI=1S/C21H23ClFN3O3/c22-16-5-7-17(8-6-16)29-14-13-25-9-11-26(12-10-25)20(27)15-24-21(28)18-3-1-2-4-19(18)23/h1-8H,9-15H2,(H,24,28). The second kappa shape index (κ2) is 10.2. The van der Waals surface area contributed by atoms with Gasteiger partial charge in [0.2, 0.25) is 5.91 Å². The van der Waals surface area contributed by atoms with Gasteiger partial charge in [0.1, 0.15) is 18.2 Å². The number of amides is 2. The van der Waals surface area contributed by atoms with Crippen LogP contribution in [0.1, 0.15) is 10.4 Å². The van der Waals surface area contributed by atoms with Gasteiger partial charge in [0.15, 0.2) is 0 Å². The minimum absolute atomic E-state index is 0.0641. The van der Waals surface area contributed by atoms with E-state index in [0.29, 0.717) is 24.7 Å². The van der Waals surface area contributed by atoms with Gasteiger partial charge in [-0.25, -0.2) is 4.39 Å². The highest BCUT2D eigenvalue weighted by Gasteiger charge is 2.21. The SMILES string of the molecule is O=C(NCC(=O)N1CCN(CCOc2ccc(Cl)cc2)CC1)c1ccccc1F. The van der Waals surface area contributed by atoms with Gasteiger partial charge in [-0.3, -0.25) is 14.5 Å². The van der Waals surface area contributed by atoms with Gasteiger partial charge in [-0.2, -0.15) is 0 Å². The van der Waals surface area contributed by atoms with Crippen molar-refractivity contribution >= 4 is 23.4 Å². The van der Waals surface area contributed by atoms with E-state index in [9.17, 15) is 14.0 Å². The molecule has 0 atom stereocenters. The molecule has 0 saturated carbocycles. The van der Waals surface area contributed by atoms with Crippen molar-refractivity contribution in [3.05, 3.63) is 64.9 Å². The largest absolute Gasteiger partial charge is 0.492 e. The Morgan fingerprint density at radius 3 is 2.41 bits per heavy atom. The fourth-order valence-corrected chi connectivity index (χ4v) is 3.18. The van der Waals surface area contributed by atoms with Crippen molar-refractivity contribution in [3.8, 4) is 5.75 Å².